The molecule has 2 rings (SSSR count). The zero-order valence-corrected chi connectivity index (χ0v) is 11.7. The highest BCUT2D eigenvalue weighted by atomic mass is 19.1. The normalized spacial score (nSPS) is 11.8. The van der Waals surface area contributed by atoms with Crippen LogP contribution in [0.5, 0.6) is 0 Å². The largest absolute Gasteiger partial charge is 0.480 e. The lowest BCUT2D eigenvalue weighted by molar-refractivity contribution is -0.139. The lowest BCUT2D eigenvalue weighted by Crippen LogP contribution is -2.42. The number of carboxylic acid groups (broad SMARTS) is 1. The molecule has 1 atom stereocenters. The predicted octanol–water partition coefficient (Wildman–Crippen LogP) is 2.53. The summed E-state index contributed by atoms with van der Waals surface area (Å²) in [5, 5.41) is 11.3. The Morgan fingerprint density at radius 1 is 1.00 bits per heavy atom. The van der Waals surface area contributed by atoms with Gasteiger partial charge in [0.2, 0.25) is 0 Å². The van der Waals surface area contributed by atoms with Crippen LogP contribution in [0.1, 0.15) is 15.9 Å². The van der Waals surface area contributed by atoms with E-state index < -0.39 is 35.4 Å². The second kappa shape index (κ2) is 6.95. The number of nitrogens with one attached hydrogen (secondary N) is 1. The lowest BCUT2D eigenvalue weighted by atomic mass is 10.1. The van der Waals surface area contributed by atoms with Crippen LogP contribution >= 0.6 is 0 Å². The third-order valence-electron chi connectivity index (χ3n) is 3.06. The fraction of sp³-hybridized carbons (Fsp3) is 0.125. The summed E-state index contributed by atoms with van der Waals surface area (Å²) in [5.41, 5.74) is 0.0242. The molecule has 4 nitrogen and oxygen atoms in total. The summed E-state index contributed by atoms with van der Waals surface area (Å²) in [4.78, 5) is 23.2. The Morgan fingerprint density at radius 2 is 1.65 bits per heavy atom. The third-order valence-corrected chi connectivity index (χ3v) is 3.06. The number of hydrogen-bond acceptors (Lipinski definition) is 2. The first-order valence-electron chi connectivity index (χ1n) is 6.59. The Kier molecular flexibility index (Phi) is 5.00. The van der Waals surface area contributed by atoms with E-state index in [1.54, 1.807) is 0 Å². The number of hydrogen-bond donors (Lipinski definition) is 2. The van der Waals surface area contributed by atoms with Crippen molar-refractivity contribution in [1.29, 1.82) is 0 Å². The highest BCUT2D eigenvalue weighted by Crippen LogP contribution is 2.10. The number of amides is 1. The maximum absolute atomic E-state index is 13.1. The molecule has 0 aliphatic rings. The lowest BCUT2D eigenvalue weighted by Gasteiger charge is -2.15. The molecule has 0 unspecified atom stereocenters. The summed E-state index contributed by atoms with van der Waals surface area (Å²) in [6, 6.07) is 6.07. The first-order chi connectivity index (χ1) is 10.8. The fourth-order valence-corrected chi connectivity index (χ4v) is 2.03. The van der Waals surface area contributed by atoms with Crippen LogP contribution in [0.15, 0.2) is 42.5 Å². The van der Waals surface area contributed by atoms with Crippen LogP contribution < -0.4 is 5.32 Å². The number of aliphatic carboxylic acids is 1. The van der Waals surface area contributed by atoms with E-state index in [9.17, 15) is 22.8 Å². The van der Waals surface area contributed by atoms with Gasteiger partial charge in [0.25, 0.3) is 5.91 Å². The number of rotatable bonds is 5. The summed E-state index contributed by atoms with van der Waals surface area (Å²) >= 11 is 0. The zero-order valence-electron chi connectivity index (χ0n) is 11.7. The Labute approximate surface area is 129 Å². The van der Waals surface area contributed by atoms with Gasteiger partial charge in [-0.3, -0.25) is 4.79 Å². The van der Waals surface area contributed by atoms with Gasteiger partial charge in [0, 0.05) is 18.1 Å². The van der Waals surface area contributed by atoms with Gasteiger partial charge in [0.05, 0.1) is 0 Å². The van der Waals surface area contributed by atoms with E-state index in [-0.39, 0.29) is 12.0 Å². The van der Waals surface area contributed by atoms with E-state index in [1.807, 2.05) is 0 Å². The molecule has 0 bridgehead atoms. The molecule has 0 heterocycles. The van der Waals surface area contributed by atoms with E-state index in [2.05, 4.69) is 5.32 Å². The Hall–Kier alpha value is -2.83. The minimum atomic E-state index is -1.37. The summed E-state index contributed by atoms with van der Waals surface area (Å²) in [5.74, 6) is -4.73. The maximum atomic E-state index is 13.1. The summed E-state index contributed by atoms with van der Waals surface area (Å²) in [6.07, 6.45) is -0.170. The van der Waals surface area contributed by atoms with Gasteiger partial charge in [-0.15, -0.1) is 0 Å². The molecule has 7 heteroatoms. The molecule has 0 saturated heterocycles. The van der Waals surface area contributed by atoms with Gasteiger partial charge in [-0.05, 0) is 29.8 Å². The first kappa shape index (κ1) is 16.5. The van der Waals surface area contributed by atoms with Crippen molar-refractivity contribution in [3.63, 3.8) is 0 Å². The van der Waals surface area contributed by atoms with E-state index in [0.717, 1.165) is 18.2 Å². The molecule has 0 spiro atoms. The van der Waals surface area contributed by atoms with Gasteiger partial charge in [0.15, 0.2) is 0 Å². The average molecular weight is 323 g/mol. The van der Waals surface area contributed by atoms with Crippen LogP contribution in [-0.2, 0) is 11.2 Å². The van der Waals surface area contributed by atoms with Crippen LogP contribution in [0.4, 0.5) is 13.2 Å². The van der Waals surface area contributed by atoms with Crippen LogP contribution in [0, 0.1) is 17.5 Å². The van der Waals surface area contributed by atoms with Crippen LogP contribution in [0.25, 0.3) is 0 Å². The topological polar surface area (TPSA) is 66.4 Å². The van der Waals surface area contributed by atoms with E-state index in [4.69, 9.17) is 5.11 Å². The Morgan fingerprint density at radius 3 is 2.22 bits per heavy atom. The molecule has 0 saturated carbocycles. The van der Waals surface area contributed by atoms with Gasteiger partial charge in [-0.2, -0.15) is 0 Å². The molecule has 0 aliphatic carbocycles. The molecule has 1 amide bonds. The first-order valence-corrected chi connectivity index (χ1v) is 6.59. The third kappa shape index (κ3) is 4.57. The zero-order chi connectivity index (χ0) is 17.0. The number of carboxylic acids is 1. The van der Waals surface area contributed by atoms with Crippen molar-refractivity contribution in [2.24, 2.45) is 0 Å². The minimum absolute atomic E-state index is 0.170. The molecule has 2 aromatic rings. The molecule has 0 fully saturated rings. The summed E-state index contributed by atoms with van der Waals surface area (Å²) in [7, 11) is 0. The van der Waals surface area contributed by atoms with Gasteiger partial charge < -0.3 is 10.4 Å². The number of carbonyl (C=O) groups is 2. The second-order valence-electron chi connectivity index (χ2n) is 4.86. The van der Waals surface area contributed by atoms with Crippen molar-refractivity contribution in [1.82, 2.24) is 5.32 Å². The molecule has 0 radical (unpaired) electrons. The van der Waals surface area contributed by atoms with E-state index >= 15 is 0 Å². The summed E-state index contributed by atoms with van der Waals surface area (Å²) in [6.45, 7) is 0. The van der Waals surface area contributed by atoms with Crippen LogP contribution in [0.2, 0.25) is 0 Å². The van der Waals surface area contributed by atoms with Crippen molar-refractivity contribution in [2.45, 2.75) is 12.5 Å². The van der Waals surface area contributed by atoms with Crippen molar-refractivity contribution in [2.75, 3.05) is 0 Å². The van der Waals surface area contributed by atoms with Crippen molar-refractivity contribution in [3.05, 3.63) is 71.0 Å². The molecule has 120 valence electrons. The molecule has 2 N–H and O–H groups in total. The van der Waals surface area contributed by atoms with E-state index in [0.29, 0.717) is 11.6 Å². The minimum Gasteiger partial charge on any atom is -0.480 e. The second-order valence-corrected chi connectivity index (χ2v) is 4.86. The molecular weight excluding hydrogens is 311 g/mol. The average Bonchev–Trinajstić information content (AvgIpc) is 2.45. The number of halogens is 3. The standard InChI is InChI=1S/C16H12F3NO3/c17-11-3-1-2-9(4-11)5-14(16(22)23)20-15(21)10-6-12(18)8-13(19)7-10/h1-4,6-8,14H,5H2,(H,20,21)(H,22,23)/t14-/m0/s1. The van der Waals surface area contributed by atoms with Gasteiger partial charge in [-0.25, -0.2) is 18.0 Å². The monoisotopic (exact) mass is 323 g/mol. The highest BCUT2D eigenvalue weighted by Gasteiger charge is 2.22. The summed E-state index contributed by atoms with van der Waals surface area (Å²) < 4.78 is 39.3. The number of benzene rings is 2. The smallest absolute Gasteiger partial charge is 0.326 e. The molecular formula is C16H12F3NO3. The maximum Gasteiger partial charge on any atom is 0.326 e. The predicted molar refractivity (Wildman–Crippen MR) is 75.4 cm³/mol. The Bertz CT molecular complexity index is 729. The van der Waals surface area contributed by atoms with Gasteiger partial charge in [-0.1, -0.05) is 12.1 Å². The quantitative estimate of drug-likeness (QED) is 0.888. The van der Waals surface area contributed by atoms with Crippen LogP contribution in [0.3, 0.4) is 0 Å². The number of carbonyl (C=O) groups excluding carboxylic acids is 1. The highest BCUT2D eigenvalue weighted by molar-refractivity contribution is 5.96. The fourth-order valence-electron chi connectivity index (χ4n) is 2.03. The van der Waals surface area contributed by atoms with Gasteiger partial charge >= 0.3 is 5.97 Å². The SMILES string of the molecule is O=C(N[C@@H](Cc1cccc(F)c1)C(=O)O)c1cc(F)cc(F)c1. The van der Waals surface area contributed by atoms with Gasteiger partial charge in [0.1, 0.15) is 23.5 Å². The molecule has 0 aromatic heterocycles. The molecule has 2 aromatic carbocycles. The Balaban J connectivity index is 2.15. The molecule has 23 heavy (non-hydrogen) atoms. The van der Waals surface area contributed by atoms with Crippen molar-refractivity contribution >= 4 is 11.9 Å². The molecule has 0 aliphatic heterocycles. The van der Waals surface area contributed by atoms with Crippen molar-refractivity contribution < 1.29 is 27.9 Å². The van der Waals surface area contributed by atoms with Crippen LogP contribution in [-0.4, -0.2) is 23.0 Å². The van der Waals surface area contributed by atoms with E-state index in [1.165, 1.54) is 18.2 Å². The van der Waals surface area contributed by atoms with Crippen molar-refractivity contribution in [3.8, 4) is 0 Å².